The number of carbonyl (C=O) groups excluding carboxylic acids is 1. The molecule has 7 heteroatoms. The monoisotopic (exact) mass is 287 g/mol. The van der Waals surface area contributed by atoms with E-state index in [1.54, 1.807) is 6.92 Å². The minimum atomic E-state index is -4.52. The van der Waals surface area contributed by atoms with Gasteiger partial charge in [0.05, 0.1) is 6.61 Å². The Balaban J connectivity index is 2.49. The lowest BCUT2D eigenvalue weighted by molar-refractivity contribution is -0.153. The summed E-state index contributed by atoms with van der Waals surface area (Å²) in [6.45, 7) is 1.65. The summed E-state index contributed by atoms with van der Waals surface area (Å²) in [5.41, 5.74) is -0.665. The third-order valence-electron chi connectivity index (χ3n) is 2.81. The van der Waals surface area contributed by atoms with Gasteiger partial charge in [0, 0.05) is 16.5 Å². The summed E-state index contributed by atoms with van der Waals surface area (Å²) in [5.74, 6) is -0.894. The second-order valence-corrected chi connectivity index (χ2v) is 4.14. The fraction of sp³-hybridized carbons (Fsp3) is 0.308. The zero-order chi connectivity index (χ0) is 14.9. The molecule has 1 aromatic heterocycles. The molecule has 1 aromatic carbocycles. The van der Waals surface area contributed by atoms with Crippen molar-refractivity contribution in [3.8, 4) is 0 Å². The Labute approximate surface area is 112 Å². The van der Waals surface area contributed by atoms with Crippen LogP contribution in [0.5, 0.6) is 0 Å². The summed E-state index contributed by atoms with van der Waals surface area (Å²) in [4.78, 5) is 13.7. The molecule has 0 spiro atoms. The van der Waals surface area contributed by atoms with Crippen LogP contribution in [0.25, 0.3) is 10.9 Å². The number of alkyl halides is 3. The average molecular weight is 287 g/mol. The first-order valence-electron chi connectivity index (χ1n) is 5.88. The fourth-order valence-corrected chi connectivity index (χ4v) is 1.92. The topological polar surface area (TPSA) is 62.3 Å². The third-order valence-corrected chi connectivity index (χ3v) is 2.81. The number of hydrogen-bond acceptors (Lipinski definition) is 3. The predicted octanol–water partition coefficient (Wildman–Crippen LogP) is 2.78. The number of aromatic nitrogens is 1. The van der Waals surface area contributed by atoms with E-state index in [4.69, 9.17) is 0 Å². The number of fused-ring (bicyclic) bond motifs is 1. The summed E-state index contributed by atoms with van der Waals surface area (Å²) < 4.78 is 42.6. The lowest BCUT2D eigenvalue weighted by Crippen LogP contribution is -2.15. The average Bonchev–Trinajstić information content (AvgIpc) is 2.81. The molecule has 1 heterocycles. The molecule has 0 aliphatic heterocycles. The summed E-state index contributed by atoms with van der Waals surface area (Å²) in [6, 6.07) is 5.15. The minimum absolute atomic E-state index is 0.0762. The zero-order valence-electron chi connectivity index (χ0n) is 10.5. The van der Waals surface area contributed by atoms with Crippen LogP contribution in [0.3, 0.4) is 0 Å². The van der Waals surface area contributed by atoms with Gasteiger partial charge in [-0.3, -0.25) is 0 Å². The Kier molecular flexibility index (Phi) is 3.71. The summed E-state index contributed by atoms with van der Waals surface area (Å²) in [5, 5.41) is 10.00. The van der Waals surface area contributed by atoms with E-state index in [1.165, 1.54) is 18.2 Å². The van der Waals surface area contributed by atoms with E-state index in [0.29, 0.717) is 0 Å². The highest BCUT2D eigenvalue weighted by Crippen LogP contribution is 2.33. The van der Waals surface area contributed by atoms with E-state index >= 15 is 0 Å². The van der Waals surface area contributed by atoms with Crippen LogP contribution in [-0.4, -0.2) is 22.7 Å². The molecule has 2 rings (SSSR count). The first-order chi connectivity index (χ1) is 9.34. The predicted molar refractivity (Wildman–Crippen MR) is 64.9 cm³/mol. The molecular formula is C13H12F3NO3. The molecule has 4 nitrogen and oxygen atoms in total. The number of ether oxygens (including phenoxy) is 1. The third kappa shape index (κ3) is 2.62. The van der Waals surface area contributed by atoms with Crippen molar-refractivity contribution in [3.05, 3.63) is 35.5 Å². The van der Waals surface area contributed by atoms with Crippen LogP contribution in [0.4, 0.5) is 13.2 Å². The van der Waals surface area contributed by atoms with Crippen LogP contribution in [0.15, 0.2) is 24.3 Å². The number of aliphatic hydroxyl groups is 1. The highest BCUT2D eigenvalue weighted by atomic mass is 19.4. The van der Waals surface area contributed by atoms with Gasteiger partial charge in [0.15, 0.2) is 6.10 Å². The molecule has 1 unspecified atom stereocenters. The van der Waals surface area contributed by atoms with E-state index in [-0.39, 0.29) is 23.1 Å². The SMILES string of the molecule is CCOC(=O)C(O)c1cccc2[nH]c(C(F)(F)F)cc12. The number of nitrogens with one attached hydrogen (secondary N) is 1. The van der Waals surface area contributed by atoms with Gasteiger partial charge >= 0.3 is 12.1 Å². The number of H-pyrrole nitrogens is 1. The largest absolute Gasteiger partial charge is 0.464 e. The standard InChI is InChI=1S/C13H12F3NO3/c1-2-20-12(19)11(18)7-4-3-5-9-8(7)6-10(17-9)13(14,15)16/h3-6,11,17-18H,2H2,1H3. The van der Waals surface area contributed by atoms with Crippen LogP contribution in [-0.2, 0) is 15.7 Å². The van der Waals surface area contributed by atoms with Gasteiger partial charge in [0.2, 0.25) is 0 Å². The van der Waals surface area contributed by atoms with E-state index < -0.39 is 23.9 Å². The fourth-order valence-electron chi connectivity index (χ4n) is 1.92. The Morgan fingerprint density at radius 3 is 2.75 bits per heavy atom. The summed E-state index contributed by atoms with van der Waals surface area (Å²) in [6.07, 6.45) is -6.14. The first kappa shape index (κ1) is 14.4. The maximum atomic E-state index is 12.7. The first-order valence-corrected chi connectivity index (χ1v) is 5.88. The van der Waals surface area contributed by atoms with Crippen molar-refractivity contribution >= 4 is 16.9 Å². The van der Waals surface area contributed by atoms with Crippen molar-refractivity contribution in [3.63, 3.8) is 0 Å². The van der Waals surface area contributed by atoms with Gasteiger partial charge in [-0.1, -0.05) is 12.1 Å². The number of esters is 1. The molecule has 108 valence electrons. The Morgan fingerprint density at radius 1 is 1.45 bits per heavy atom. The number of aliphatic hydroxyl groups excluding tert-OH is 1. The van der Waals surface area contributed by atoms with Crippen molar-refractivity contribution < 1.29 is 27.8 Å². The number of carbonyl (C=O) groups is 1. The van der Waals surface area contributed by atoms with Crippen molar-refractivity contribution in [2.45, 2.75) is 19.2 Å². The van der Waals surface area contributed by atoms with Gasteiger partial charge in [0.25, 0.3) is 0 Å². The molecule has 0 fully saturated rings. The van der Waals surface area contributed by atoms with Crippen LogP contribution < -0.4 is 0 Å². The lowest BCUT2D eigenvalue weighted by Gasteiger charge is -2.10. The second kappa shape index (κ2) is 5.16. The van der Waals surface area contributed by atoms with E-state index in [1.807, 2.05) is 0 Å². The summed E-state index contributed by atoms with van der Waals surface area (Å²) in [7, 11) is 0. The normalized spacial score (nSPS) is 13.4. The van der Waals surface area contributed by atoms with Crippen LogP contribution in [0.1, 0.15) is 24.3 Å². The molecule has 2 N–H and O–H groups in total. The van der Waals surface area contributed by atoms with Crippen LogP contribution in [0.2, 0.25) is 0 Å². The van der Waals surface area contributed by atoms with Gasteiger partial charge in [-0.2, -0.15) is 13.2 Å². The molecule has 0 radical (unpaired) electrons. The van der Waals surface area contributed by atoms with Crippen molar-refractivity contribution in [2.24, 2.45) is 0 Å². The van der Waals surface area contributed by atoms with Crippen LogP contribution >= 0.6 is 0 Å². The maximum Gasteiger partial charge on any atom is 0.431 e. The zero-order valence-corrected chi connectivity index (χ0v) is 10.5. The number of halogens is 3. The smallest absolute Gasteiger partial charge is 0.431 e. The van der Waals surface area contributed by atoms with E-state index in [0.717, 1.165) is 6.07 Å². The number of hydrogen-bond donors (Lipinski definition) is 2. The Hall–Kier alpha value is -2.02. The Morgan fingerprint density at radius 2 is 2.15 bits per heavy atom. The van der Waals surface area contributed by atoms with Gasteiger partial charge < -0.3 is 14.8 Å². The number of rotatable bonds is 3. The van der Waals surface area contributed by atoms with Crippen molar-refractivity contribution in [2.75, 3.05) is 6.61 Å². The van der Waals surface area contributed by atoms with E-state index in [9.17, 15) is 23.1 Å². The Bertz CT molecular complexity index is 633. The van der Waals surface area contributed by atoms with E-state index in [2.05, 4.69) is 9.72 Å². The quantitative estimate of drug-likeness (QED) is 0.853. The molecule has 0 saturated carbocycles. The highest BCUT2D eigenvalue weighted by molar-refractivity contribution is 5.89. The van der Waals surface area contributed by atoms with Gasteiger partial charge in [-0.15, -0.1) is 0 Å². The molecule has 0 saturated heterocycles. The van der Waals surface area contributed by atoms with Crippen molar-refractivity contribution in [1.29, 1.82) is 0 Å². The summed E-state index contributed by atoms with van der Waals surface area (Å²) >= 11 is 0. The lowest BCUT2D eigenvalue weighted by atomic mass is 10.0. The number of benzene rings is 1. The molecule has 0 amide bonds. The maximum absolute atomic E-state index is 12.7. The molecular weight excluding hydrogens is 275 g/mol. The van der Waals surface area contributed by atoms with Gasteiger partial charge in [-0.25, -0.2) is 4.79 Å². The minimum Gasteiger partial charge on any atom is -0.464 e. The second-order valence-electron chi connectivity index (χ2n) is 4.14. The van der Waals surface area contributed by atoms with Crippen molar-refractivity contribution in [1.82, 2.24) is 4.98 Å². The highest BCUT2D eigenvalue weighted by Gasteiger charge is 2.33. The number of aromatic amines is 1. The molecule has 0 aliphatic carbocycles. The van der Waals surface area contributed by atoms with Gasteiger partial charge in [0.1, 0.15) is 5.69 Å². The molecule has 2 aromatic rings. The van der Waals surface area contributed by atoms with Gasteiger partial charge in [-0.05, 0) is 19.1 Å². The molecule has 0 aliphatic rings. The molecule has 1 atom stereocenters. The molecule has 20 heavy (non-hydrogen) atoms. The van der Waals surface area contributed by atoms with Crippen LogP contribution in [0, 0.1) is 0 Å². The molecule has 0 bridgehead atoms.